The van der Waals surface area contributed by atoms with Crippen LogP contribution in [0.2, 0.25) is 0 Å². The van der Waals surface area contributed by atoms with E-state index in [1.807, 2.05) is 24.3 Å². The molecule has 2 aromatic rings. The molecule has 0 aliphatic carbocycles. The second-order valence-corrected chi connectivity index (χ2v) is 4.17. The van der Waals surface area contributed by atoms with Crippen molar-refractivity contribution in [3.05, 3.63) is 48.3 Å². The zero-order chi connectivity index (χ0) is 14.4. The van der Waals surface area contributed by atoms with E-state index in [9.17, 15) is 4.39 Å². The average Bonchev–Trinajstić information content (AvgIpc) is 2.46. The molecule has 0 bridgehead atoms. The number of hydrogen-bond acceptors (Lipinski definition) is 4. The van der Waals surface area contributed by atoms with Crippen molar-refractivity contribution in [1.29, 1.82) is 0 Å². The van der Waals surface area contributed by atoms with Gasteiger partial charge in [-0.05, 0) is 30.3 Å². The highest BCUT2D eigenvalue weighted by Gasteiger charge is 2.03. The van der Waals surface area contributed by atoms with Crippen molar-refractivity contribution >= 4 is 11.4 Å². The third-order valence-corrected chi connectivity index (χ3v) is 2.74. The van der Waals surface area contributed by atoms with Gasteiger partial charge in [0, 0.05) is 12.2 Å². The lowest BCUT2D eigenvalue weighted by Crippen LogP contribution is -2.12. The molecule has 0 saturated carbocycles. The zero-order valence-corrected chi connectivity index (χ0v) is 11.2. The Morgan fingerprint density at radius 2 is 1.90 bits per heavy atom. The van der Waals surface area contributed by atoms with Crippen molar-refractivity contribution in [2.75, 3.05) is 31.3 Å². The third-order valence-electron chi connectivity index (χ3n) is 2.74. The molecule has 3 N–H and O–H groups in total. The Bertz CT molecular complexity index is 576. The fourth-order valence-corrected chi connectivity index (χ4v) is 1.76. The average molecular weight is 276 g/mol. The lowest BCUT2D eigenvalue weighted by atomic mass is 10.2. The van der Waals surface area contributed by atoms with E-state index in [4.69, 9.17) is 15.2 Å². The Balaban J connectivity index is 1.84. The molecular weight excluding hydrogens is 259 g/mol. The molecule has 106 valence electrons. The number of ether oxygens (including phenoxy) is 2. The molecule has 0 atom stereocenters. The first-order valence-electron chi connectivity index (χ1n) is 6.25. The van der Waals surface area contributed by atoms with Crippen molar-refractivity contribution in [1.82, 2.24) is 0 Å². The van der Waals surface area contributed by atoms with Crippen molar-refractivity contribution < 1.29 is 13.9 Å². The number of hydrogen-bond donors (Lipinski definition) is 2. The van der Waals surface area contributed by atoms with Crippen LogP contribution in [0.5, 0.6) is 11.5 Å². The highest BCUT2D eigenvalue weighted by atomic mass is 19.1. The molecule has 0 aromatic heterocycles. The molecule has 0 amide bonds. The Morgan fingerprint density at radius 1 is 1.15 bits per heavy atom. The number of halogens is 1. The Labute approximate surface area is 117 Å². The summed E-state index contributed by atoms with van der Waals surface area (Å²) in [6, 6.07) is 11.9. The van der Waals surface area contributed by atoms with E-state index in [0.717, 1.165) is 0 Å². The molecule has 0 unspecified atom stereocenters. The number of para-hydroxylation sites is 2. The summed E-state index contributed by atoms with van der Waals surface area (Å²) in [5, 5.41) is 2.95. The molecule has 0 aliphatic rings. The highest BCUT2D eigenvalue weighted by Crippen LogP contribution is 2.25. The van der Waals surface area contributed by atoms with E-state index in [0.29, 0.717) is 36.0 Å². The van der Waals surface area contributed by atoms with Gasteiger partial charge in [0.25, 0.3) is 0 Å². The summed E-state index contributed by atoms with van der Waals surface area (Å²) in [5.74, 6) is 0.961. The molecule has 0 radical (unpaired) electrons. The maximum absolute atomic E-state index is 13.5. The van der Waals surface area contributed by atoms with E-state index in [1.54, 1.807) is 19.2 Å². The van der Waals surface area contributed by atoms with E-state index >= 15 is 0 Å². The number of nitrogen functional groups attached to an aromatic ring is 1. The first-order valence-corrected chi connectivity index (χ1v) is 6.25. The van der Waals surface area contributed by atoms with Crippen LogP contribution in [0.15, 0.2) is 42.5 Å². The lowest BCUT2D eigenvalue weighted by molar-refractivity contribution is 0.305. The van der Waals surface area contributed by atoms with E-state index in [1.165, 1.54) is 6.07 Å². The van der Waals surface area contributed by atoms with E-state index in [2.05, 4.69) is 5.32 Å². The first kappa shape index (κ1) is 14.0. The predicted octanol–water partition coefficient (Wildman–Crippen LogP) is 2.91. The van der Waals surface area contributed by atoms with Crippen LogP contribution >= 0.6 is 0 Å². The fourth-order valence-electron chi connectivity index (χ4n) is 1.76. The van der Waals surface area contributed by atoms with Crippen LogP contribution in [-0.2, 0) is 0 Å². The molecule has 0 spiro atoms. The summed E-state index contributed by atoms with van der Waals surface area (Å²) in [5.41, 5.74) is 6.29. The van der Waals surface area contributed by atoms with Crippen LogP contribution < -0.4 is 20.5 Å². The summed E-state index contributed by atoms with van der Waals surface area (Å²) in [4.78, 5) is 0. The normalized spacial score (nSPS) is 10.1. The third kappa shape index (κ3) is 3.54. The van der Waals surface area contributed by atoms with Gasteiger partial charge < -0.3 is 20.5 Å². The first-order chi connectivity index (χ1) is 9.70. The lowest BCUT2D eigenvalue weighted by Gasteiger charge is -2.11. The van der Waals surface area contributed by atoms with Crippen molar-refractivity contribution in [3.8, 4) is 11.5 Å². The SMILES string of the molecule is COc1ccccc1OCCNc1ccc(N)cc1F. The van der Waals surface area contributed by atoms with Gasteiger partial charge in [-0.1, -0.05) is 12.1 Å². The van der Waals surface area contributed by atoms with Gasteiger partial charge in [-0.25, -0.2) is 4.39 Å². The summed E-state index contributed by atoms with van der Waals surface area (Å²) < 4.78 is 24.3. The van der Waals surface area contributed by atoms with Crippen molar-refractivity contribution in [2.45, 2.75) is 0 Å². The maximum Gasteiger partial charge on any atom is 0.161 e. The number of anilines is 2. The largest absolute Gasteiger partial charge is 0.493 e. The molecule has 4 nitrogen and oxygen atoms in total. The van der Waals surface area contributed by atoms with Crippen LogP contribution in [0.3, 0.4) is 0 Å². The Kier molecular flexibility index (Phi) is 4.65. The zero-order valence-electron chi connectivity index (χ0n) is 11.2. The monoisotopic (exact) mass is 276 g/mol. The number of methoxy groups -OCH3 is 1. The summed E-state index contributed by atoms with van der Waals surface area (Å²) in [6.45, 7) is 0.864. The van der Waals surface area contributed by atoms with Crippen LogP contribution in [-0.4, -0.2) is 20.3 Å². The van der Waals surface area contributed by atoms with Gasteiger partial charge in [0.15, 0.2) is 11.5 Å². The van der Waals surface area contributed by atoms with Crippen LogP contribution in [0.1, 0.15) is 0 Å². The van der Waals surface area contributed by atoms with Gasteiger partial charge in [0.1, 0.15) is 12.4 Å². The highest BCUT2D eigenvalue weighted by molar-refractivity contribution is 5.52. The minimum absolute atomic E-state index is 0.373. The van der Waals surface area contributed by atoms with Crippen molar-refractivity contribution in [3.63, 3.8) is 0 Å². The molecule has 0 aliphatic heterocycles. The number of nitrogens with two attached hydrogens (primary N) is 1. The van der Waals surface area contributed by atoms with Crippen LogP contribution in [0, 0.1) is 5.82 Å². The van der Waals surface area contributed by atoms with Gasteiger partial charge in [-0.2, -0.15) is 0 Å². The Morgan fingerprint density at radius 3 is 2.60 bits per heavy atom. The molecule has 2 aromatic carbocycles. The standard InChI is InChI=1S/C15H17FN2O2/c1-19-14-4-2-3-5-15(14)20-9-8-18-13-7-6-11(17)10-12(13)16/h2-7,10,18H,8-9,17H2,1H3. The topological polar surface area (TPSA) is 56.5 Å². The second-order valence-electron chi connectivity index (χ2n) is 4.17. The quantitative estimate of drug-likeness (QED) is 0.629. The number of benzene rings is 2. The van der Waals surface area contributed by atoms with Gasteiger partial charge in [-0.3, -0.25) is 0 Å². The molecule has 0 fully saturated rings. The Hall–Kier alpha value is -2.43. The summed E-state index contributed by atoms with van der Waals surface area (Å²) >= 11 is 0. The summed E-state index contributed by atoms with van der Waals surface area (Å²) in [6.07, 6.45) is 0. The van der Waals surface area contributed by atoms with Crippen molar-refractivity contribution in [2.24, 2.45) is 0 Å². The van der Waals surface area contributed by atoms with Gasteiger partial charge >= 0.3 is 0 Å². The number of nitrogens with one attached hydrogen (secondary N) is 1. The molecule has 20 heavy (non-hydrogen) atoms. The van der Waals surface area contributed by atoms with E-state index < -0.39 is 0 Å². The molecule has 0 saturated heterocycles. The molecule has 5 heteroatoms. The van der Waals surface area contributed by atoms with Gasteiger partial charge in [-0.15, -0.1) is 0 Å². The minimum atomic E-state index is -0.373. The van der Waals surface area contributed by atoms with E-state index in [-0.39, 0.29) is 5.82 Å². The number of rotatable bonds is 6. The van der Waals surface area contributed by atoms with Crippen LogP contribution in [0.25, 0.3) is 0 Å². The molecule has 0 heterocycles. The second kappa shape index (κ2) is 6.65. The maximum atomic E-state index is 13.5. The molecular formula is C15H17FN2O2. The van der Waals surface area contributed by atoms with Gasteiger partial charge in [0.05, 0.1) is 12.8 Å². The smallest absolute Gasteiger partial charge is 0.161 e. The summed E-state index contributed by atoms with van der Waals surface area (Å²) in [7, 11) is 1.59. The van der Waals surface area contributed by atoms with Gasteiger partial charge in [0.2, 0.25) is 0 Å². The minimum Gasteiger partial charge on any atom is -0.493 e. The fraction of sp³-hybridized carbons (Fsp3) is 0.200. The predicted molar refractivity (Wildman–Crippen MR) is 77.8 cm³/mol. The molecule has 2 rings (SSSR count). The van der Waals surface area contributed by atoms with Crippen LogP contribution in [0.4, 0.5) is 15.8 Å².